The van der Waals surface area contributed by atoms with Gasteiger partial charge in [-0.05, 0) is 18.6 Å². The molecule has 3 aromatic rings. The van der Waals surface area contributed by atoms with Gasteiger partial charge in [0.05, 0.1) is 25.0 Å². The molecular weight excluding hydrogens is 312 g/mol. The lowest BCUT2D eigenvalue weighted by atomic mass is 10.1. The fraction of sp³-hybridized carbons (Fsp3) is 0.143. The highest BCUT2D eigenvalue weighted by Gasteiger charge is 2.12. The zero-order chi connectivity index (χ0) is 17.5. The van der Waals surface area contributed by atoms with Crippen LogP contribution < -0.4 is 0 Å². The Labute approximate surface area is 147 Å². The van der Waals surface area contributed by atoms with Gasteiger partial charge in [-0.25, -0.2) is 4.79 Å². The predicted molar refractivity (Wildman–Crippen MR) is 98.9 cm³/mol. The first kappa shape index (κ1) is 16.7. The molecule has 25 heavy (non-hydrogen) atoms. The van der Waals surface area contributed by atoms with Crippen LogP contribution in [-0.2, 0) is 16.1 Å². The SMILES string of the molecule is CCOC(=O)/C=C/c1cnn(Cc2ccccc2)c1-c1ccccc1. The Balaban J connectivity index is 1.97. The molecule has 0 spiro atoms. The summed E-state index contributed by atoms with van der Waals surface area (Å²) in [6.07, 6.45) is 4.98. The van der Waals surface area contributed by atoms with Crippen molar-refractivity contribution < 1.29 is 9.53 Å². The van der Waals surface area contributed by atoms with Crippen molar-refractivity contribution in [1.82, 2.24) is 9.78 Å². The van der Waals surface area contributed by atoms with Crippen molar-refractivity contribution in [2.45, 2.75) is 13.5 Å². The molecule has 0 saturated carbocycles. The summed E-state index contributed by atoms with van der Waals surface area (Å²) in [5.74, 6) is -0.350. The van der Waals surface area contributed by atoms with Crippen LogP contribution in [0.3, 0.4) is 0 Å². The van der Waals surface area contributed by atoms with Crippen LogP contribution in [0.1, 0.15) is 18.1 Å². The highest BCUT2D eigenvalue weighted by molar-refractivity contribution is 5.88. The summed E-state index contributed by atoms with van der Waals surface area (Å²) in [5.41, 5.74) is 4.09. The minimum atomic E-state index is -0.350. The van der Waals surface area contributed by atoms with Gasteiger partial charge >= 0.3 is 5.97 Å². The van der Waals surface area contributed by atoms with Gasteiger partial charge in [0, 0.05) is 17.2 Å². The molecule has 0 aliphatic heterocycles. The number of rotatable bonds is 6. The zero-order valence-corrected chi connectivity index (χ0v) is 14.1. The number of esters is 1. The van der Waals surface area contributed by atoms with Crippen molar-refractivity contribution in [2.24, 2.45) is 0 Å². The summed E-state index contributed by atoms with van der Waals surface area (Å²) in [5, 5.41) is 4.53. The van der Waals surface area contributed by atoms with E-state index in [0.29, 0.717) is 13.2 Å². The lowest BCUT2D eigenvalue weighted by Gasteiger charge is -2.09. The fourth-order valence-electron chi connectivity index (χ4n) is 2.66. The van der Waals surface area contributed by atoms with Crippen LogP contribution in [-0.4, -0.2) is 22.4 Å². The average molecular weight is 332 g/mol. The number of hydrogen-bond donors (Lipinski definition) is 0. The van der Waals surface area contributed by atoms with E-state index in [-0.39, 0.29) is 5.97 Å². The monoisotopic (exact) mass is 332 g/mol. The molecule has 0 radical (unpaired) electrons. The molecule has 2 aromatic carbocycles. The molecule has 0 unspecified atom stereocenters. The largest absolute Gasteiger partial charge is 0.463 e. The smallest absolute Gasteiger partial charge is 0.330 e. The number of aromatic nitrogens is 2. The van der Waals surface area contributed by atoms with Crippen molar-refractivity contribution in [3.63, 3.8) is 0 Å². The van der Waals surface area contributed by atoms with Crippen molar-refractivity contribution in [1.29, 1.82) is 0 Å². The van der Waals surface area contributed by atoms with Crippen molar-refractivity contribution in [2.75, 3.05) is 6.61 Å². The minimum Gasteiger partial charge on any atom is -0.463 e. The molecule has 0 fully saturated rings. The molecule has 0 N–H and O–H groups in total. The summed E-state index contributed by atoms with van der Waals surface area (Å²) in [4.78, 5) is 11.6. The Kier molecular flexibility index (Phi) is 5.42. The molecule has 1 aromatic heterocycles. The number of benzene rings is 2. The van der Waals surface area contributed by atoms with E-state index in [9.17, 15) is 4.79 Å². The molecule has 4 heteroatoms. The number of nitrogens with zero attached hydrogens (tertiary/aromatic N) is 2. The fourth-order valence-corrected chi connectivity index (χ4v) is 2.66. The summed E-state index contributed by atoms with van der Waals surface area (Å²) in [6.45, 7) is 2.82. The van der Waals surface area contributed by atoms with Crippen LogP contribution >= 0.6 is 0 Å². The van der Waals surface area contributed by atoms with E-state index < -0.39 is 0 Å². The Morgan fingerprint density at radius 3 is 2.44 bits per heavy atom. The molecule has 1 heterocycles. The van der Waals surface area contributed by atoms with E-state index >= 15 is 0 Å². The second kappa shape index (κ2) is 8.11. The standard InChI is InChI=1S/C21H20N2O2/c1-2-25-20(24)14-13-19-15-22-23(16-17-9-5-3-6-10-17)21(19)18-11-7-4-8-12-18/h3-15H,2,16H2,1H3/b14-13+. The maximum absolute atomic E-state index is 11.6. The molecule has 0 atom stereocenters. The Morgan fingerprint density at radius 2 is 1.76 bits per heavy atom. The van der Waals surface area contributed by atoms with Crippen molar-refractivity contribution >= 4 is 12.0 Å². The van der Waals surface area contributed by atoms with E-state index in [1.807, 2.05) is 53.2 Å². The first-order valence-corrected chi connectivity index (χ1v) is 8.28. The highest BCUT2D eigenvalue weighted by Crippen LogP contribution is 2.25. The Bertz CT molecular complexity index is 852. The first-order chi connectivity index (χ1) is 12.3. The third kappa shape index (κ3) is 4.23. The minimum absolute atomic E-state index is 0.350. The number of carbonyl (C=O) groups excluding carboxylic acids is 1. The lowest BCUT2D eigenvalue weighted by Crippen LogP contribution is -2.04. The number of ether oxygens (including phenoxy) is 1. The van der Waals surface area contributed by atoms with Crippen LogP contribution in [0.25, 0.3) is 17.3 Å². The van der Waals surface area contributed by atoms with E-state index in [0.717, 1.165) is 16.8 Å². The number of hydrogen-bond acceptors (Lipinski definition) is 3. The topological polar surface area (TPSA) is 44.1 Å². The third-order valence-corrected chi connectivity index (χ3v) is 3.78. The van der Waals surface area contributed by atoms with Gasteiger partial charge in [0.15, 0.2) is 0 Å². The van der Waals surface area contributed by atoms with Gasteiger partial charge in [-0.3, -0.25) is 4.68 Å². The molecule has 0 aliphatic rings. The first-order valence-electron chi connectivity index (χ1n) is 8.28. The highest BCUT2D eigenvalue weighted by atomic mass is 16.5. The maximum atomic E-state index is 11.6. The molecule has 126 valence electrons. The molecule has 3 rings (SSSR count). The van der Waals surface area contributed by atoms with Gasteiger partial charge in [-0.2, -0.15) is 5.10 Å². The quantitative estimate of drug-likeness (QED) is 0.502. The van der Waals surface area contributed by atoms with Crippen LogP contribution in [0.2, 0.25) is 0 Å². The summed E-state index contributed by atoms with van der Waals surface area (Å²) in [6, 6.07) is 20.2. The predicted octanol–water partition coefficient (Wildman–Crippen LogP) is 4.17. The molecule has 0 aliphatic carbocycles. The van der Waals surface area contributed by atoms with Crippen molar-refractivity contribution in [3.05, 3.63) is 84.1 Å². The second-order valence-electron chi connectivity index (χ2n) is 5.54. The Morgan fingerprint density at radius 1 is 1.08 bits per heavy atom. The van der Waals surface area contributed by atoms with E-state index in [4.69, 9.17) is 4.74 Å². The lowest BCUT2D eigenvalue weighted by molar-refractivity contribution is -0.137. The van der Waals surface area contributed by atoms with Crippen molar-refractivity contribution in [3.8, 4) is 11.3 Å². The van der Waals surface area contributed by atoms with Crippen LogP contribution in [0, 0.1) is 0 Å². The number of carbonyl (C=O) groups is 1. The molecular formula is C21H20N2O2. The van der Waals surface area contributed by atoms with E-state index in [2.05, 4.69) is 17.2 Å². The molecule has 0 saturated heterocycles. The molecule has 0 bridgehead atoms. The summed E-state index contributed by atoms with van der Waals surface area (Å²) >= 11 is 0. The molecule has 0 amide bonds. The van der Waals surface area contributed by atoms with Crippen LogP contribution in [0.5, 0.6) is 0 Å². The van der Waals surface area contributed by atoms with Gasteiger partial charge in [0.1, 0.15) is 0 Å². The van der Waals surface area contributed by atoms with Gasteiger partial charge in [0.25, 0.3) is 0 Å². The van der Waals surface area contributed by atoms with Gasteiger partial charge < -0.3 is 4.74 Å². The zero-order valence-electron chi connectivity index (χ0n) is 14.1. The normalized spacial score (nSPS) is 10.9. The van der Waals surface area contributed by atoms with Crippen LogP contribution in [0.4, 0.5) is 0 Å². The van der Waals surface area contributed by atoms with Gasteiger partial charge in [-0.1, -0.05) is 60.7 Å². The third-order valence-electron chi connectivity index (χ3n) is 3.78. The van der Waals surface area contributed by atoms with Gasteiger partial charge in [0.2, 0.25) is 0 Å². The maximum Gasteiger partial charge on any atom is 0.330 e. The Hall–Kier alpha value is -3.14. The summed E-state index contributed by atoms with van der Waals surface area (Å²) < 4.78 is 6.91. The van der Waals surface area contributed by atoms with Gasteiger partial charge in [-0.15, -0.1) is 0 Å². The molecule has 4 nitrogen and oxygen atoms in total. The second-order valence-corrected chi connectivity index (χ2v) is 5.54. The van der Waals surface area contributed by atoms with Crippen LogP contribution in [0.15, 0.2) is 72.9 Å². The average Bonchev–Trinajstić information content (AvgIpc) is 3.04. The van der Waals surface area contributed by atoms with E-state index in [1.165, 1.54) is 11.6 Å². The summed E-state index contributed by atoms with van der Waals surface area (Å²) in [7, 11) is 0. The van der Waals surface area contributed by atoms with E-state index in [1.54, 1.807) is 19.2 Å².